The molecule has 1 aromatic carbocycles. The minimum Gasteiger partial charge on any atom is -0.452 e. The number of hydrogen-bond acceptors (Lipinski definition) is 2. The molecule has 5 heteroatoms. The van der Waals surface area contributed by atoms with Crippen LogP contribution in [0.4, 0.5) is 5.69 Å². The standard InChI is InChI=1S/C12H10BrCl2NO/c1-7(11-4-5-12(13)17-11)16-10-6-8(14)2-3-9(10)15/h2-7,16H,1H3. The molecule has 2 aromatic rings. The molecule has 2 rings (SSSR count). The Labute approximate surface area is 118 Å². The molecule has 0 amide bonds. The molecule has 1 unspecified atom stereocenters. The summed E-state index contributed by atoms with van der Waals surface area (Å²) in [5, 5.41) is 4.52. The molecule has 1 atom stereocenters. The van der Waals surface area contributed by atoms with Crippen LogP contribution in [0.2, 0.25) is 10.0 Å². The van der Waals surface area contributed by atoms with E-state index in [-0.39, 0.29) is 6.04 Å². The van der Waals surface area contributed by atoms with Crippen molar-refractivity contribution in [1.82, 2.24) is 0 Å². The van der Waals surface area contributed by atoms with E-state index in [1.54, 1.807) is 18.2 Å². The number of benzene rings is 1. The summed E-state index contributed by atoms with van der Waals surface area (Å²) in [5.74, 6) is 0.827. The van der Waals surface area contributed by atoms with Gasteiger partial charge in [0.15, 0.2) is 4.67 Å². The van der Waals surface area contributed by atoms with Crippen LogP contribution in [0, 0.1) is 0 Å². The molecule has 2 nitrogen and oxygen atoms in total. The fraction of sp³-hybridized carbons (Fsp3) is 0.167. The van der Waals surface area contributed by atoms with E-state index in [0.717, 1.165) is 11.4 Å². The molecule has 0 aliphatic heterocycles. The highest BCUT2D eigenvalue weighted by atomic mass is 79.9. The van der Waals surface area contributed by atoms with E-state index < -0.39 is 0 Å². The topological polar surface area (TPSA) is 25.2 Å². The van der Waals surface area contributed by atoms with E-state index in [0.29, 0.717) is 14.7 Å². The number of hydrogen-bond donors (Lipinski definition) is 1. The first-order chi connectivity index (χ1) is 8.06. The van der Waals surface area contributed by atoms with E-state index in [9.17, 15) is 0 Å². The van der Waals surface area contributed by atoms with Gasteiger partial charge >= 0.3 is 0 Å². The molecule has 90 valence electrons. The lowest BCUT2D eigenvalue weighted by molar-refractivity contribution is 0.471. The van der Waals surface area contributed by atoms with Crippen molar-refractivity contribution in [3.05, 3.63) is 50.8 Å². The predicted molar refractivity (Wildman–Crippen MR) is 74.9 cm³/mol. The molecule has 1 heterocycles. The molecule has 17 heavy (non-hydrogen) atoms. The highest BCUT2D eigenvalue weighted by Crippen LogP contribution is 2.30. The molecule has 0 radical (unpaired) electrons. The zero-order valence-corrected chi connectivity index (χ0v) is 12.1. The maximum absolute atomic E-state index is 6.07. The monoisotopic (exact) mass is 333 g/mol. The van der Waals surface area contributed by atoms with Crippen molar-refractivity contribution in [2.75, 3.05) is 5.32 Å². The van der Waals surface area contributed by atoms with Gasteiger partial charge in [0, 0.05) is 5.02 Å². The van der Waals surface area contributed by atoms with Crippen LogP contribution in [-0.2, 0) is 0 Å². The number of nitrogens with one attached hydrogen (secondary N) is 1. The van der Waals surface area contributed by atoms with E-state index in [1.165, 1.54) is 0 Å². The summed E-state index contributed by atoms with van der Waals surface area (Å²) in [6, 6.07) is 9.07. The van der Waals surface area contributed by atoms with Crippen LogP contribution < -0.4 is 5.32 Å². The van der Waals surface area contributed by atoms with Gasteiger partial charge in [-0.1, -0.05) is 23.2 Å². The highest BCUT2D eigenvalue weighted by molar-refractivity contribution is 9.10. The Balaban J connectivity index is 2.18. The first-order valence-electron chi connectivity index (χ1n) is 5.03. The van der Waals surface area contributed by atoms with Gasteiger partial charge in [0.05, 0.1) is 16.8 Å². The third kappa shape index (κ3) is 3.18. The van der Waals surface area contributed by atoms with Crippen molar-refractivity contribution in [3.8, 4) is 0 Å². The number of rotatable bonds is 3. The van der Waals surface area contributed by atoms with Crippen LogP contribution in [0.5, 0.6) is 0 Å². The van der Waals surface area contributed by atoms with Crippen molar-refractivity contribution >= 4 is 44.8 Å². The smallest absolute Gasteiger partial charge is 0.169 e. The van der Waals surface area contributed by atoms with Gasteiger partial charge < -0.3 is 9.73 Å². The maximum Gasteiger partial charge on any atom is 0.169 e. The summed E-state index contributed by atoms with van der Waals surface area (Å²) in [6.07, 6.45) is 0. The SMILES string of the molecule is CC(Nc1cc(Cl)ccc1Cl)c1ccc(Br)o1. The van der Waals surface area contributed by atoms with Gasteiger partial charge in [-0.2, -0.15) is 0 Å². The maximum atomic E-state index is 6.07. The molecule has 0 aliphatic carbocycles. The van der Waals surface area contributed by atoms with Crippen LogP contribution in [0.15, 0.2) is 39.4 Å². The quantitative estimate of drug-likeness (QED) is 0.799. The number of halogens is 3. The van der Waals surface area contributed by atoms with Gasteiger partial charge in [-0.15, -0.1) is 0 Å². The predicted octanol–water partition coefficient (Wildman–Crippen LogP) is 5.52. The van der Waals surface area contributed by atoms with E-state index in [1.807, 2.05) is 19.1 Å². The van der Waals surface area contributed by atoms with E-state index in [4.69, 9.17) is 27.6 Å². The number of anilines is 1. The summed E-state index contributed by atoms with van der Waals surface area (Å²) in [4.78, 5) is 0. The summed E-state index contributed by atoms with van der Waals surface area (Å²) >= 11 is 15.3. The minimum atomic E-state index is 0.0114. The van der Waals surface area contributed by atoms with Gasteiger partial charge in [0.1, 0.15) is 5.76 Å². The molecule has 0 spiro atoms. The van der Waals surface area contributed by atoms with E-state index >= 15 is 0 Å². The second kappa shape index (κ2) is 5.34. The van der Waals surface area contributed by atoms with Gasteiger partial charge in [0.2, 0.25) is 0 Å². The van der Waals surface area contributed by atoms with E-state index in [2.05, 4.69) is 21.2 Å². The normalized spacial score (nSPS) is 12.5. The third-order valence-electron chi connectivity index (χ3n) is 2.32. The Hall–Kier alpha value is -0.640. The molecule has 0 aliphatic rings. The number of furan rings is 1. The average Bonchev–Trinajstić information content (AvgIpc) is 2.70. The van der Waals surface area contributed by atoms with Crippen molar-refractivity contribution in [2.24, 2.45) is 0 Å². The molecular formula is C12H10BrCl2NO. The van der Waals surface area contributed by atoms with Crippen molar-refractivity contribution in [1.29, 1.82) is 0 Å². The van der Waals surface area contributed by atoms with Crippen LogP contribution in [-0.4, -0.2) is 0 Å². The Morgan fingerprint density at radius 3 is 2.65 bits per heavy atom. The van der Waals surface area contributed by atoms with Crippen molar-refractivity contribution < 1.29 is 4.42 Å². The van der Waals surface area contributed by atoms with Gasteiger partial charge in [0.25, 0.3) is 0 Å². The molecular weight excluding hydrogens is 325 g/mol. The van der Waals surface area contributed by atoms with Gasteiger partial charge in [-0.3, -0.25) is 0 Å². The molecule has 0 fully saturated rings. The van der Waals surface area contributed by atoms with Gasteiger partial charge in [-0.25, -0.2) is 0 Å². The third-order valence-corrected chi connectivity index (χ3v) is 3.31. The van der Waals surface area contributed by atoms with Crippen LogP contribution in [0.1, 0.15) is 18.7 Å². The lowest BCUT2D eigenvalue weighted by Crippen LogP contribution is -2.05. The largest absolute Gasteiger partial charge is 0.452 e. The second-order valence-electron chi connectivity index (χ2n) is 3.63. The summed E-state index contributed by atoms with van der Waals surface area (Å²) in [7, 11) is 0. The fourth-order valence-electron chi connectivity index (χ4n) is 1.47. The fourth-order valence-corrected chi connectivity index (χ4v) is 2.14. The minimum absolute atomic E-state index is 0.0114. The van der Waals surface area contributed by atoms with Crippen LogP contribution in [0.25, 0.3) is 0 Å². The molecule has 1 N–H and O–H groups in total. The molecule has 0 saturated heterocycles. The van der Waals surface area contributed by atoms with Crippen molar-refractivity contribution in [3.63, 3.8) is 0 Å². The Bertz CT molecular complexity index is 527. The summed E-state index contributed by atoms with van der Waals surface area (Å²) in [5.41, 5.74) is 0.791. The highest BCUT2D eigenvalue weighted by Gasteiger charge is 2.11. The molecule has 0 saturated carbocycles. The lowest BCUT2D eigenvalue weighted by Gasteiger charge is -2.14. The van der Waals surface area contributed by atoms with Crippen molar-refractivity contribution in [2.45, 2.75) is 13.0 Å². The Morgan fingerprint density at radius 2 is 2.00 bits per heavy atom. The zero-order chi connectivity index (χ0) is 12.4. The molecule has 0 bridgehead atoms. The van der Waals surface area contributed by atoms with Crippen LogP contribution >= 0.6 is 39.1 Å². The molecule has 1 aromatic heterocycles. The zero-order valence-electron chi connectivity index (χ0n) is 9.01. The summed E-state index contributed by atoms with van der Waals surface area (Å²) < 4.78 is 6.17. The Morgan fingerprint density at radius 1 is 1.24 bits per heavy atom. The Kier molecular flexibility index (Phi) is 4.02. The first-order valence-corrected chi connectivity index (χ1v) is 6.58. The van der Waals surface area contributed by atoms with Gasteiger partial charge in [-0.05, 0) is 53.2 Å². The first kappa shape index (κ1) is 12.8. The average molecular weight is 335 g/mol. The second-order valence-corrected chi connectivity index (χ2v) is 5.26. The lowest BCUT2D eigenvalue weighted by atomic mass is 10.2. The van der Waals surface area contributed by atoms with Crippen LogP contribution in [0.3, 0.4) is 0 Å². The summed E-state index contributed by atoms with van der Waals surface area (Å²) in [6.45, 7) is 1.99.